The van der Waals surface area contributed by atoms with Gasteiger partial charge in [-0.25, -0.2) is 0 Å². The van der Waals surface area contributed by atoms with Gasteiger partial charge in [0.2, 0.25) is 0 Å². The number of nitrogens with zero attached hydrogens (tertiary/aromatic N) is 2. The third-order valence-corrected chi connectivity index (χ3v) is 5.23. The van der Waals surface area contributed by atoms with Gasteiger partial charge in [0.15, 0.2) is 0 Å². The van der Waals surface area contributed by atoms with Crippen LogP contribution in [0.5, 0.6) is 11.5 Å². The normalized spacial score (nSPS) is 17.6. The summed E-state index contributed by atoms with van der Waals surface area (Å²) in [5.41, 5.74) is 2.06. The third-order valence-electron chi connectivity index (χ3n) is 5.23. The SMILES string of the molecule is COc1ccc(C(O)C(C)N2CCN(c3ccccc3OC)CC2)cc1. The summed E-state index contributed by atoms with van der Waals surface area (Å²) in [6.45, 7) is 5.74. The number of methoxy groups -OCH3 is 2. The minimum absolute atomic E-state index is 0.0585. The second kappa shape index (κ2) is 8.43. The molecule has 26 heavy (non-hydrogen) atoms. The molecule has 140 valence electrons. The molecule has 0 bridgehead atoms. The molecule has 0 radical (unpaired) electrons. The lowest BCUT2D eigenvalue weighted by Crippen LogP contribution is -2.51. The van der Waals surface area contributed by atoms with Gasteiger partial charge in [-0.3, -0.25) is 4.90 Å². The Morgan fingerprint density at radius 3 is 2.15 bits per heavy atom. The molecule has 1 fully saturated rings. The van der Waals surface area contributed by atoms with Gasteiger partial charge in [-0.2, -0.15) is 0 Å². The fourth-order valence-corrected chi connectivity index (χ4v) is 3.54. The van der Waals surface area contributed by atoms with E-state index in [1.54, 1.807) is 14.2 Å². The van der Waals surface area contributed by atoms with Crippen LogP contribution in [0.4, 0.5) is 5.69 Å². The summed E-state index contributed by atoms with van der Waals surface area (Å²) >= 11 is 0. The smallest absolute Gasteiger partial charge is 0.142 e. The summed E-state index contributed by atoms with van der Waals surface area (Å²) in [4.78, 5) is 4.70. The monoisotopic (exact) mass is 356 g/mol. The molecule has 0 aliphatic carbocycles. The highest BCUT2D eigenvalue weighted by atomic mass is 16.5. The predicted octanol–water partition coefficient (Wildman–Crippen LogP) is 2.95. The topological polar surface area (TPSA) is 45.2 Å². The van der Waals surface area contributed by atoms with E-state index < -0.39 is 6.10 Å². The Balaban J connectivity index is 1.61. The predicted molar refractivity (Wildman–Crippen MR) is 104 cm³/mol. The van der Waals surface area contributed by atoms with Crippen LogP contribution in [0.25, 0.3) is 0 Å². The Morgan fingerprint density at radius 2 is 1.54 bits per heavy atom. The van der Waals surface area contributed by atoms with Gasteiger partial charge < -0.3 is 19.5 Å². The molecule has 2 aromatic carbocycles. The minimum atomic E-state index is -0.515. The standard InChI is InChI=1S/C21H28N2O3/c1-16(21(24)17-8-10-18(25-2)11-9-17)22-12-14-23(15-13-22)19-6-4-5-7-20(19)26-3/h4-11,16,21,24H,12-15H2,1-3H3. The maximum atomic E-state index is 10.8. The van der Waals surface area contributed by atoms with Crippen LogP contribution in [0.1, 0.15) is 18.6 Å². The Bertz CT molecular complexity index is 697. The highest BCUT2D eigenvalue weighted by Gasteiger charge is 2.27. The van der Waals surface area contributed by atoms with Crippen LogP contribution in [0.2, 0.25) is 0 Å². The van der Waals surface area contributed by atoms with Gasteiger partial charge in [0.1, 0.15) is 11.5 Å². The molecular weight excluding hydrogens is 328 g/mol. The van der Waals surface area contributed by atoms with Gasteiger partial charge >= 0.3 is 0 Å². The first-order valence-corrected chi connectivity index (χ1v) is 9.08. The number of rotatable bonds is 6. The molecule has 5 nitrogen and oxygen atoms in total. The van der Waals surface area contributed by atoms with E-state index in [4.69, 9.17) is 9.47 Å². The van der Waals surface area contributed by atoms with Crippen molar-refractivity contribution >= 4 is 5.69 Å². The van der Waals surface area contributed by atoms with Crippen LogP contribution in [0.15, 0.2) is 48.5 Å². The first-order chi connectivity index (χ1) is 12.6. The average molecular weight is 356 g/mol. The van der Waals surface area contributed by atoms with Crippen molar-refractivity contribution in [3.8, 4) is 11.5 Å². The number of aliphatic hydroxyl groups is 1. The van der Waals surface area contributed by atoms with Gasteiger partial charge in [0.05, 0.1) is 26.0 Å². The molecule has 5 heteroatoms. The Hall–Kier alpha value is -2.24. The van der Waals surface area contributed by atoms with Crippen molar-refractivity contribution in [2.45, 2.75) is 19.1 Å². The lowest BCUT2D eigenvalue weighted by Gasteiger charge is -2.40. The van der Waals surface area contributed by atoms with E-state index in [1.165, 1.54) is 0 Å². The molecule has 0 saturated carbocycles. The number of aliphatic hydroxyl groups excluding tert-OH is 1. The highest BCUT2D eigenvalue weighted by molar-refractivity contribution is 5.58. The zero-order valence-corrected chi connectivity index (χ0v) is 15.8. The molecule has 1 aliphatic rings. The molecule has 2 atom stereocenters. The zero-order chi connectivity index (χ0) is 18.5. The van der Waals surface area contributed by atoms with E-state index in [1.807, 2.05) is 42.5 Å². The van der Waals surface area contributed by atoms with Crippen molar-refractivity contribution in [3.63, 3.8) is 0 Å². The van der Waals surface area contributed by atoms with E-state index in [9.17, 15) is 5.11 Å². The van der Waals surface area contributed by atoms with E-state index in [2.05, 4.69) is 22.8 Å². The molecule has 1 N–H and O–H groups in total. The molecule has 1 heterocycles. The second-order valence-electron chi connectivity index (χ2n) is 6.65. The van der Waals surface area contributed by atoms with Crippen LogP contribution in [-0.4, -0.2) is 56.4 Å². The quantitative estimate of drug-likeness (QED) is 0.862. The summed E-state index contributed by atoms with van der Waals surface area (Å²) < 4.78 is 10.7. The van der Waals surface area contributed by atoms with E-state index in [-0.39, 0.29) is 6.04 Å². The van der Waals surface area contributed by atoms with Crippen molar-refractivity contribution in [1.29, 1.82) is 0 Å². The average Bonchev–Trinajstić information content (AvgIpc) is 2.73. The molecule has 1 aliphatic heterocycles. The van der Waals surface area contributed by atoms with Crippen molar-refractivity contribution in [2.24, 2.45) is 0 Å². The van der Waals surface area contributed by atoms with Gasteiger partial charge in [-0.15, -0.1) is 0 Å². The third kappa shape index (κ3) is 3.94. The summed E-state index contributed by atoms with van der Waals surface area (Å²) in [6, 6.07) is 15.9. The number of ether oxygens (including phenoxy) is 2. The van der Waals surface area contributed by atoms with Gasteiger partial charge in [0, 0.05) is 32.2 Å². The lowest BCUT2D eigenvalue weighted by molar-refractivity contribution is 0.0545. The van der Waals surface area contributed by atoms with Crippen LogP contribution in [-0.2, 0) is 0 Å². The fraction of sp³-hybridized carbons (Fsp3) is 0.429. The first-order valence-electron chi connectivity index (χ1n) is 9.08. The highest BCUT2D eigenvalue weighted by Crippen LogP contribution is 2.30. The van der Waals surface area contributed by atoms with Crippen LogP contribution in [0, 0.1) is 0 Å². The fourth-order valence-electron chi connectivity index (χ4n) is 3.54. The number of piperazine rings is 1. The molecule has 0 aromatic heterocycles. The Labute approximate surface area is 155 Å². The van der Waals surface area contributed by atoms with Crippen LogP contribution >= 0.6 is 0 Å². The molecular formula is C21H28N2O3. The minimum Gasteiger partial charge on any atom is -0.497 e. The molecule has 2 unspecified atom stereocenters. The zero-order valence-electron chi connectivity index (χ0n) is 15.8. The number of anilines is 1. The van der Waals surface area contributed by atoms with Crippen molar-refractivity contribution in [1.82, 2.24) is 4.90 Å². The Kier molecular flexibility index (Phi) is 6.01. The maximum Gasteiger partial charge on any atom is 0.142 e. The summed E-state index contributed by atoms with van der Waals surface area (Å²) in [5, 5.41) is 10.8. The molecule has 0 spiro atoms. The number of hydrogen-bond donors (Lipinski definition) is 1. The summed E-state index contributed by atoms with van der Waals surface area (Å²) in [7, 11) is 3.36. The van der Waals surface area contributed by atoms with Crippen molar-refractivity contribution in [3.05, 3.63) is 54.1 Å². The van der Waals surface area contributed by atoms with Crippen molar-refractivity contribution < 1.29 is 14.6 Å². The maximum absolute atomic E-state index is 10.8. The van der Waals surface area contributed by atoms with Crippen LogP contribution < -0.4 is 14.4 Å². The number of benzene rings is 2. The lowest BCUT2D eigenvalue weighted by atomic mass is 10.0. The largest absolute Gasteiger partial charge is 0.497 e. The second-order valence-corrected chi connectivity index (χ2v) is 6.65. The van der Waals surface area contributed by atoms with E-state index in [0.717, 1.165) is 48.9 Å². The van der Waals surface area contributed by atoms with Crippen molar-refractivity contribution in [2.75, 3.05) is 45.3 Å². The molecule has 3 rings (SSSR count). The summed E-state index contributed by atoms with van der Waals surface area (Å²) in [5.74, 6) is 1.71. The van der Waals surface area contributed by atoms with Gasteiger partial charge in [0.25, 0.3) is 0 Å². The molecule has 1 saturated heterocycles. The molecule has 2 aromatic rings. The number of hydrogen-bond acceptors (Lipinski definition) is 5. The summed E-state index contributed by atoms with van der Waals surface area (Å²) in [6.07, 6.45) is -0.515. The van der Waals surface area contributed by atoms with E-state index in [0.29, 0.717) is 0 Å². The number of para-hydroxylation sites is 2. The van der Waals surface area contributed by atoms with Crippen LogP contribution in [0.3, 0.4) is 0 Å². The Morgan fingerprint density at radius 1 is 0.885 bits per heavy atom. The van der Waals surface area contributed by atoms with Gasteiger partial charge in [-0.05, 0) is 36.8 Å². The first kappa shape index (κ1) is 18.5. The molecule has 0 amide bonds. The van der Waals surface area contributed by atoms with E-state index >= 15 is 0 Å². The van der Waals surface area contributed by atoms with Gasteiger partial charge in [-0.1, -0.05) is 24.3 Å².